The second-order valence-corrected chi connectivity index (χ2v) is 5.22. The number of hydrogen-bond donors (Lipinski definition) is 2. The minimum absolute atomic E-state index is 0.139. The summed E-state index contributed by atoms with van der Waals surface area (Å²) in [6.07, 6.45) is 1.73. The summed E-state index contributed by atoms with van der Waals surface area (Å²) in [4.78, 5) is 23.8. The highest BCUT2D eigenvalue weighted by molar-refractivity contribution is 7.17. The first-order valence-electron chi connectivity index (χ1n) is 5.89. The Labute approximate surface area is 109 Å². The van der Waals surface area contributed by atoms with E-state index >= 15 is 0 Å². The van der Waals surface area contributed by atoms with E-state index in [0.717, 1.165) is 16.9 Å². The number of ether oxygens (including phenoxy) is 1. The molecule has 6 heteroatoms. The Bertz CT molecular complexity index is 481. The molecule has 2 heterocycles. The van der Waals surface area contributed by atoms with Crippen LogP contribution in [0.5, 0.6) is 0 Å². The van der Waals surface area contributed by atoms with Gasteiger partial charge in [-0.15, -0.1) is 11.3 Å². The first-order chi connectivity index (χ1) is 8.63. The lowest BCUT2D eigenvalue weighted by atomic mass is 10.1. The Morgan fingerprint density at radius 1 is 1.50 bits per heavy atom. The first kappa shape index (κ1) is 13.0. The SMILES string of the molecule is CCCC(=O)Nc1sc2c(c1C(=O)O)CCOC2. The van der Waals surface area contributed by atoms with Gasteiger partial charge in [-0.1, -0.05) is 6.92 Å². The zero-order valence-electron chi connectivity index (χ0n) is 10.1. The van der Waals surface area contributed by atoms with Gasteiger partial charge >= 0.3 is 5.97 Å². The summed E-state index contributed by atoms with van der Waals surface area (Å²) in [6, 6.07) is 0. The van der Waals surface area contributed by atoms with Crippen LogP contribution >= 0.6 is 11.3 Å². The van der Waals surface area contributed by atoms with Gasteiger partial charge < -0.3 is 15.2 Å². The molecule has 0 aliphatic carbocycles. The molecule has 18 heavy (non-hydrogen) atoms. The average molecular weight is 269 g/mol. The van der Waals surface area contributed by atoms with Crippen molar-refractivity contribution >= 4 is 28.2 Å². The monoisotopic (exact) mass is 269 g/mol. The van der Waals surface area contributed by atoms with E-state index in [1.54, 1.807) is 0 Å². The van der Waals surface area contributed by atoms with E-state index in [1.165, 1.54) is 11.3 Å². The standard InChI is InChI=1S/C12H15NO4S/c1-2-3-9(14)13-11-10(12(15)16)7-4-5-17-6-8(7)18-11/h2-6H2,1H3,(H,13,14)(H,15,16). The van der Waals surface area contributed by atoms with Gasteiger partial charge in [0.2, 0.25) is 5.91 Å². The summed E-state index contributed by atoms with van der Waals surface area (Å²) in [5, 5.41) is 12.4. The molecule has 0 radical (unpaired) electrons. The number of rotatable bonds is 4. The number of amides is 1. The molecule has 0 saturated carbocycles. The topological polar surface area (TPSA) is 75.6 Å². The predicted octanol–water partition coefficient (Wildman–Crippen LogP) is 2.26. The largest absolute Gasteiger partial charge is 0.478 e. The van der Waals surface area contributed by atoms with Gasteiger partial charge in [0, 0.05) is 11.3 Å². The highest BCUT2D eigenvalue weighted by Gasteiger charge is 2.26. The molecular formula is C12H15NO4S. The van der Waals surface area contributed by atoms with Gasteiger partial charge in [-0.2, -0.15) is 0 Å². The molecule has 0 fully saturated rings. The van der Waals surface area contributed by atoms with Gasteiger partial charge in [0.1, 0.15) is 5.00 Å². The highest BCUT2D eigenvalue weighted by atomic mass is 32.1. The van der Waals surface area contributed by atoms with E-state index < -0.39 is 5.97 Å². The van der Waals surface area contributed by atoms with Crippen LogP contribution in [0.25, 0.3) is 0 Å². The lowest BCUT2D eigenvalue weighted by Gasteiger charge is -2.11. The number of thiophene rings is 1. The number of hydrogen-bond acceptors (Lipinski definition) is 4. The van der Waals surface area contributed by atoms with Crippen LogP contribution in [0.1, 0.15) is 40.6 Å². The summed E-state index contributed by atoms with van der Waals surface area (Å²) < 4.78 is 5.30. The van der Waals surface area contributed by atoms with Crippen molar-refractivity contribution in [3.8, 4) is 0 Å². The van der Waals surface area contributed by atoms with Crippen LogP contribution in [0.15, 0.2) is 0 Å². The fourth-order valence-electron chi connectivity index (χ4n) is 1.96. The van der Waals surface area contributed by atoms with E-state index in [-0.39, 0.29) is 11.5 Å². The van der Waals surface area contributed by atoms with Crippen molar-refractivity contribution in [2.75, 3.05) is 11.9 Å². The van der Waals surface area contributed by atoms with Gasteiger partial charge in [-0.05, 0) is 18.4 Å². The molecule has 0 spiro atoms. The molecular weight excluding hydrogens is 254 g/mol. The van der Waals surface area contributed by atoms with Crippen LogP contribution in [0.3, 0.4) is 0 Å². The first-order valence-corrected chi connectivity index (χ1v) is 6.70. The lowest BCUT2D eigenvalue weighted by Crippen LogP contribution is -2.14. The number of nitrogens with one attached hydrogen (secondary N) is 1. The number of anilines is 1. The molecule has 1 aliphatic rings. The fraction of sp³-hybridized carbons (Fsp3) is 0.500. The maximum Gasteiger partial charge on any atom is 0.339 e. The minimum Gasteiger partial charge on any atom is -0.478 e. The predicted molar refractivity (Wildman–Crippen MR) is 68.2 cm³/mol. The molecule has 1 aromatic heterocycles. The van der Waals surface area contributed by atoms with E-state index in [9.17, 15) is 14.7 Å². The average Bonchev–Trinajstić information content (AvgIpc) is 2.66. The summed E-state index contributed by atoms with van der Waals surface area (Å²) >= 11 is 1.31. The third kappa shape index (κ3) is 2.54. The Kier molecular flexibility index (Phi) is 3.98. The molecule has 5 nitrogen and oxygen atoms in total. The second kappa shape index (κ2) is 5.49. The van der Waals surface area contributed by atoms with Crippen LogP contribution < -0.4 is 5.32 Å². The molecule has 0 bridgehead atoms. The second-order valence-electron chi connectivity index (χ2n) is 4.11. The minimum atomic E-state index is -0.985. The molecule has 1 aliphatic heterocycles. The smallest absolute Gasteiger partial charge is 0.339 e. The van der Waals surface area contributed by atoms with Gasteiger partial charge in [0.15, 0.2) is 0 Å². The lowest BCUT2D eigenvalue weighted by molar-refractivity contribution is -0.116. The van der Waals surface area contributed by atoms with E-state index in [0.29, 0.717) is 31.1 Å². The number of carbonyl (C=O) groups excluding carboxylic acids is 1. The Morgan fingerprint density at radius 3 is 2.94 bits per heavy atom. The molecule has 98 valence electrons. The molecule has 0 saturated heterocycles. The third-order valence-corrected chi connectivity index (χ3v) is 3.89. The van der Waals surface area contributed by atoms with Crippen LogP contribution in [0.4, 0.5) is 5.00 Å². The van der Waals surface area contributed by atoms with Crippen molar-refractivity contribution in [1.29, 1.82) is 0 Å². The number of carboxylic acids is 1. The fourth-order valence-corrected chi connectivity index (χ4v) is 3.16. The summed E-state index contributed by atoms with van der Waals surface area (Å²) in [7, 11) is 0. The number of aromatic carboxylic acids is 1. The number of fused-ring (bicyclic) bond motifs is 1. The van der Waals surface area contributed by atoms with Gasteiger partial charge in [-0.3, -0.25) is 4.79 Å². The third-order valence-electron chi connectivity index (χ3n) is 2.76. The number of carbonyl (C=O) groups is 2. The zero-order valence-corrected chi connectivity index (χ0v) is 10.9. The maximum absolute atomic E-state index is 11.6. The van der Waals surface area contributed by atoms with E-state index in [4.69, 9.17) is 4.74 Å². The zero-order chi connectivity index (χ0) is 13.1. The van der Waals surface area contributed by atoms with Crippen molar-refractivity contribution in [1.82, 2.24) is 0 Å². The van der Waals surface area contributed by atoms with Crippen molar-refractivity contribution in [3.63, 3.8) is 0 Å². The summed E-state index contributed by atoms with van der Waals surface area (Å²) in [6.45, 7) is 2.88. The summed E-state index contributed by atoms with van der Waals surface area (Å²) in [5.41, 5.74) is 1.05. The van der Waals surface area contributed by atoms with Crippen molar-refractivity contribution in [2.24, 2.45) is 0 Å². The van der Waals surface area contributed by atoms with Crippen LogP contribution in [0, 0.1) is 0 Å². The van der Waals surface area contributed by atoms with Crippen molar-refractivity contribution in [2.45, 2.75) is 32.8 Å². The van der Waals surface area contributed by atoms with Crippen LogP contribution in [0.2, 0.25) is 0 Å². The van der Waals surface area contributed by atoms with Gasteiger partial charge in [-0.25, -0.2) is 4.79 Å². The van der Waals surface area contributed by atoms with Crippen LogP contribution in [-0.2, 0) is 22.6 Å². The van der Waals surface area contributed by atoms with Gasteiger partial charge in [0.25, 0.3) is 0 Å². The Morgan fingerprint density at radius 2 is 2.28 bits per heavy atom. The quantitative estimate of drug-likeness (QED) is 0.879. The summed E-state index contributed by atoms with van der Waals surface area (Å²) in [5.74, 6) is -1.12. The molecule has 2 N–H and O–H groups in total. The molecule has 2 rings (SSSR count). The highest BCUT2D eigenvalue weighted by Crippen LogP contribution is 2.36. The van der Waals surface area contributed by atoms with Crippen LogP contribution in [-0.4, -0.2) is 23.6 Å². The molecule has 0 atom stereocenters. The van der Waals surface area contributed by atoms with E-state index in [1.807, 2.05) is 6.92 Å². The molecule has 0 unspecified atom stereocenters. The molecule has 1 amide bonds. The van der Waals surface area contributed by atoms with Crippen molar-refractivity contribution in [3.05, 3.63) is 16.0 Å². The molecule has 1 aromatic rings. The molecule has 0 aromatic carbocycles. The van der Waals surface area contributed by atoms with Gasteiger partial charge in [0.05, 0.1) is 18.8 Å². The maximum atomic E-state index is 11.6. The normalized spacial score (nSPS) is 14.1. The Hall–Kier alpha value is -1.40. The number of carboxylic acid groups (broad SMARTS) is 1. The Balaban J connectivity index is 2.31. The van der Waals surface area contributed by atoms with Crippen molar-refractivity contribution < 1.29 is 19.4 Å². The van der Waals surface area contributed by atoms with E-state index in [2.05, 4.69) is 5.32 Å².